The van der Waals surface area contributed by atoms with Gasteiger partial charge in [0.1, 0.15) is 17.6 Å². The number of esters is 1. The Bertz CT molecular complexity index is 917. The molecular weight excluding hydrogens is 496 g/mol. The average molecular weight is 545 g/mol. The van der Waals surface area contributed by atoms with Crippen molar-refractivity contribution in [2.45, 2.75) is 114 Å². The van der Waals surface area contributed by atoms with E-state index in [0.717, 1.165) is 51.4 Å². The van der Waals surface area contributed by atoms with Gasteiger partial charge in [-0.2, -0.15) is 0 Å². The Labute approximate surface area is 233 Å². The molecule has 5 atom stereocenters. The van der Waals surface area contributed by atoms with Crippen molar-refractivity contribution in [3.63, 3.8) is 0 Å². The number of nitrogens with zero attached hydrogens (tertiary/aromatic N) is 2. The lowest BCUT2D eigenvalue weighted by Crippen LogP contribution is -2.58. The first-order chi connectivity index (χ1) is 18.8. The normalized spacial score (nSPS) is 31.8. The lowest BCUT2D eigenvalue weighted by atomic mass is 9.66. The number of rotatable bonds is 15. The van der Waals surface area contributed by atoms with Crippen LogP contribution in [-0.2, 0) is 23.9 Å². The van der Waals surface area contributed by atoms with Crippen LogP contribution in [-0.4, -0.2) is 82.3 Å². The van der Waals surface area contributed by atoms with Gasteiger partial charge < -0.3 is 24.4 Å². The lowest BCUT2D eigenvalue weighted by Gasteiger charge is -2.40. The van der Waals surface area contributed by atoms with E-state index in [1.807, 2.05) is 17.9 Å². The van der Waals surface area contributed by atoms with Crippen LogP contribution in [0.5, 0.6) is 0 Å². The molecule has 4 aliphatic rings. The van der Waals surface area contributed by atoms with Crippen molar-refractivity contribution in [1.29, 1.82) is 0 Å². The van der Waals surface area contributed by atoms with Gasteiger partial charge in [-0.05, 0) is 71.1 Å². The topological polar surface area (TPSA) is 96.4 Å². The third-order valence-corrected chi connectivity index (χ3v) is 9.49. The molecule has 8 nitrogen and oxygen atoms in total. The second-order valence-electron chi connectivity index (χ2n) is 12.1. The molecule has 0 aromatic rings. The van der Waals surface area contributed by atoms with Gasteiger partial charge in [0.25, 0.3) is 0 Å². The molecule has 1 spiro atoms. The maximum Gasteiger partial charge on any atom is 0.312 e. The van der Waals surface area contributed by atoms with Crippen LogP contribution in [0.2, 0.25) is 0 Å². The standard InChI is InChI=1S/C31H48N2O6/c1-4-6-7-14-22-38-29(37)25-24-27(35)33(20-12-9-13-21-34)26(31(24)18-17-30(25,3)39-31)28(36)32(19-5-2)23-15-10-8-11-16-23/h4-5,23-26,34H,1-2,6-22H2,3H3/t24-,25-,26?,30+,31?/m0/s1. The number of likely N-dealkylation sites (tertiary alicyclic amines) is 1. The van der Waals surface area contributed by atoms with Crippen LogP contribution in [0.25, 0.3) is 0 Å². The van der Waals surface area contributed by atoms with Crippen LogP contribution < -0.4 is 0 Å². The Kier molecular flexibility index (Phi) is 9.92. The summed E-state index contributed by atoms with van der Waals surface area (Å²) < 4.78 is 12.4. The Balaban J connectivity index is 1.63. The molecule has 0 aromatic heterocycles. The molecule has 3 heterocycles. The quantitative estimate of drug-likeness (QED) is 0.189. The van der Waals surface area contributed by atoms with Crippen molar-refractivity contribution >= 4 is 17.8 Å². The second kappa shape index (κ2) is 13.0. The minimum atomic E-state index is -1.03. The molecule has 8 heteroatoms. The number of ether oxygens (including phenoxy) is 2. The fourth-order valence-corrected chi connectivity index (χ4v) is 7.64. The summed E-state index contributed by atoms with van der Waals surface area (Å²) in [6.45, 7) is 10.8. The number of amides is 2. The molecule has 3 saturated heterocycles. The first kappa shape index (κ1) is 29.8. The highest BCUT2D eigenvalue weighted by atomic mass is 16.6. The molecule has 4 fully saturated rings. The third kappa shape index (κ3) is 5.69. The van der Waals surface area contributed by atoms with Gasteiger partial charge in [-0.25, -0.2) is 0 Å². The summed E-state index contributed by atoms with van der Waals surface area (Å²) in [6, 6.07) is -0.644. The first-order valence-corrected chi connectivity index (χ1v) is 15.1. The summed E-state index contributed by atoms with van der Waals surface area (Å²) >= 11 is 0. The zero-order chi connectivity index (χ0) is 28.0. The molecule has 1 aliphatic carbocycles. The van der Waals surface area contributed by atoms with Gasteiger partial charge in [0, 0.05) is 25.7 Å². The lowest BCUT2D eigenvalue weighted by molar-refractivity contribution is -0.161. The Morgan fingerprint density at radius 1 is 1.10 bits per heavy atom. The van der Waals surface area contributed by atoms with Gasteiger partial charge >= 0.3 is 5.97 Å². The van der Waals surface area contributed by atoms with Gasteiger partial charge in [-0.3, -0.25) is 14.4 Å². The van der Waals surface area contributed by atoms with E-state index < -0.39 is 29.1 Å². The molecule has 0 radical (unpaired) electrons. The number of unbranched alkanes of at least 4 members (excludes halogenated alkanes) is 4. The molecule has 218 valence electrons. The number of hydrogen-bond acceptors (Lipinski definition) is 6. The highest BCUT2D eigenvalue weighted by Gasteiger charge is 2.78. The van der Waals surface area contributed by atoms with Gasteiger partial charge in [0.15, 0.2) is 0 Å². The van der Waals surface area contributed by atoms with Crippen LogP contribution >= 0.6 is 0 Å². The minimum absolute atomic E-state index is 0.0810. The van der Waals surface area contributed by atoms with Crippen LogP contribution in [0.4, 0.5) is 0 Å². The van der Waals surface area contributed by atoms with E-state index in [9.17, 15) is 19.5 Å². The fourth-order valence-electron chi connectivity index (χ4n) is 7.64. The van der Waals surface area contributed by atoms with Crippen molar-refractivity contribution in [2.24, 2.45) is 11.8 Å². The van der Waals surface area contributed by atoms with Crippen molar-refractivity contribution in [1.82, 2.24) is 9.80 Å². The van der Waals surface area contributed by atoms with Crippen molar-refractivity contribution < 1.29 is 29.0 Å². The zero-order valence-corrected chi connectivity index (χ0v) is 23.8. The van der Waals surface area contributed by atoms with E-state index in [1.165, 1.54) is 6.42 Å². The molecular formula is C31H48N2O6. The number of hydrogen-bond donors (Lipinski definition) is 1. The molecule has 1 saturated carbocycles. The number of aliphatic hydroxyl groups excluding tert-OH is 1. The molecule has 4 rings (SSSR count). The first-order valence-electron chi connectivity index (χ1n) is 15.1. The smallest absolute Gasteiger partial charge is 0.312 e. The summed E-state index contributed by atoms with van der Waals surface area (Å²) in [5, 5.41) is 9.26. The number of carbonyl (C=O) groups excluding carboxylic acids is 3. The van der Waals surface area contributed by atoms with E-state index >= 15 is 0 Å². The molecule has 2 bridgehead atoms. The Morgan fingerprint density at radius 3 is 2.56 bits per heavy atom. The van der Waals surface area contributed by atoms with E-state index in [-0.39, 0.29) is 30.4 Å². The predicted octanol–water partition coefficient (Wildman–Crippen LogP) is 4.16. The molecule has 2 amide bonds. The maximum absolute atomic E-state index is 14.5. The largest absolute Gasteiger partial charge is 0.465 e. The summed E-state index contributed by atoms with van der Waals surface area (Å²) in [5.41, 5.74) is -1.85. The molecule has 0 aromatic carbocycles. The van der Waals surface area contributed by atoms with Crippen LogP contribution in [0, 0.1) is 11.8 Å². The predicted molar refractivity (Wildman–Crippen MR) is 149 cm³/mol. The average Bonchev–Trinajstić information content (AvgIpc) is 3.50. The maximum atomic E-state index is 14.5. The minimum Gasteiger partial charge on any atom is -0.465 e. The van der Waals surface area contributed by atoms with E-state index in [0.29, 0.717) is 45.4 Å². The molecule has 1 N–H and O–H groups in total. The molecule has 3 aliphatic heterocycles. The SMILES string of the molecule is C=CCCCCOC(=O)[C@@H]1[C@H]2C(=O)N(CCCCCO)C(C(=O)N(CC=C)C3CCCCC3)C23CC[C@@]1(C)O3. The zero-order valence-electron chi connectivity index (χ0n) is 23.8. The van der Waals surface area contributed by atoms with Crippen LogP contribution in [0.15, 0.2) is 25.3 Å². The summed E-state index contributed by atoms with van der Waals surface area (Å²) in [4.78, 5) is 45.8. The molecule has 39 heavy (non-hydrogen) atoms. The van der Waals surface area contributed by atoms with E-state index in [1.54, 1.807) is 11.0 Å². The fraction of sp³-hybridized carbons (Fsp3) is 0.774. The highest BCUT2D eigenvalue weighted by molar-refractivity contribution is 5.98. The number of allylic oxidation sites excluding steroid dienone is 1. The van der Waals surface area contributed by atoms with Crippen LogP contribution in [0.1, 0.15) is 90.4 Å². The summed E-state index contributed by atoms with van der Waals surface area (Å²) in [7, 11) is 0. The van der Waals surface area contributed by atoms with Gasteiger partial charge in [0.05, 0.1) is 18.1 Å². The number of fused-ring (bicyclic) bond motifs is 1. The Hall–Kier alpha value is -2.19. The van der Waals surface area contributed by atoms with E-state index in [4.69, 9.17) is 9.47 Å². The van der Waals surface area contributed by atoms with Crippen LogP contribution in [0.3, 0.4) is 0 Å². The molecule has 2 unspecified atom stereocenters. The Morgan fingerprint density at radius 2 is 1.87 bits per heavy atom. The van der Waals surface area contributed by atoms with Crippen molar-refractivity contribution in [2.75, 3.05) is 26.3 Å². The number of aliphatic hydroxyl groups is 1. The number of carbonyl (C=O) groups is 3. The highest BCUT2D eigenvalue weighted by Crippen LogP contribution is 2.63. The summed E-state index contributed by atoms with van der Waals surface area (Å²) in [6.07, 6.45) is 14.6. The second-order valence-corrected chi connectivity index (χ2v) is 12.1. The van der Waals surface area contributed by atoms with E-state index in [2.05, 4.69) is 13.2 Å². The monoisotopic (exact) mass is 544 g/mol. The summed E-state index contributed by atoms with van der Waals surface area (Å²) in [5.74, 6) is -2.09. The van der Waals surface area contributed by atoms with Crippen molar-refractivity contribution in [3.8, 4) is 0 Å². The van der Waals surface area contributed by atoms with Gasteiger partial charge in [0.2, 0.25) is 11.8 Å². The van der Waals surface area contributed by atoms with Gasteiger partial charge in [-0.1, -0.05) is 31.4 Å². The van der Waals surface area contributed by atoms with Crippen molar-refractivity contribution in [3.05, 3.63) is 25.3 Å². The van der Waals surface area contributed by atoms with Gasteiger partial charge in [-0.15, -0.1) is 13.2 Å². The third-order valence-electron chi connectivity index (χ3n) is 9.49.